The molecule has 1 heterocycles. The normalized spacial score (nSPS) is 10.6. The third-order valence-corrected chi connectivity index (χ3v) is 3.77. The van der Waals surface area contributed by atoms with Gasteiger partial charge in [0.15, 0.2) is 0 Å². The van der Waals surface area contributed by atoms with Crippen molar-refractivity contribution in [2.75, 3.05) is 20.2 Å². The summed E-state index contributed by atoms with van der Waals surface area (Å²) in [4.78, 5) is 24.6. The van der Waals surface area contributed by atoms with Crippen molar-refractivity contribution in [2.24, 2.45) is 5.92 Å². The van der Waals surface area contributed by atoms with Gasteiger partial charge in [-0.3, -0.25) is 9.59 Å². The van der Waals surface area contributed by atoms with E-state index in [0.29, 0.717) is 13.0 Å². The number of carbonyl (C=O) groups excluding carboxylic acids is 2. The molecule has 20 heavy (non-hydrogen) atoms. The summed E-state index contributed by atoms with van der Waals surface area (Å²) in [5, 5.41) is 6.10. The monoisotopic (exact) mass is 298 g/mol. The second-order valence-corrected chi connectivity index (χ2v) is 6.00. The second-order valence-electron chi connectivity index (χ2n) is 4.74. The van der Waals surface area contributed by atoms with Crippen LogP contribution in [0.15, 0.2) is 12.1 Å². The van der Waals surface area contributed by atoms with Crippen LogP contribution in [-0.4, -0.2) is 32.1 Å². The Hall–Kier alpha value is -1.40. The number of carbonyl (C=O) groups is 2. The van der Waals surface area contributed by atoms with Gasteiger partial charge < -0.3 is 15.4 Å². The number of hydrogen-bond acceptors (Lipinski definition) is 5. The Morgan fingerprint density at radius 1 is 1.25 bits per heavy atom. The van der Waals surface area contributed by atoms with E-state index in [1.165, 1.54) is 12.0 Å². The first-order chi connectivity index (χ1) is 9.52. The smallest absolute Gasteiger partial charge is 0.310 e. The Kier molecular flexibility index (Phi) is 7.25. The lowest BCUT2D eigenvalue weighted by molar-refractivity contribution is -0.139. The highest BCUT2D eigenvalue weighted by molar-refractivity contribution is 7.12. The van der Waals surface area contributed by atoms with Crippen molar-refractivity contribution in [3.8, 4) is 0 Å². The Labute approximate surface area is 123 Å². The molecule has 0 radical (unpaired) electrons. The maximum absolute atomic E-state index is 11.3. The van der Waals surface area contributed by atoms with Crippen LogP contribution in [0.5, 0.6) is 0 Å². The Morgan fingerprint density at radius 3 is 2.60 bits per heavy atom. The van der Waals surface area contributed by atoms with Crippen LogP contribution in [0.3, 0.4) is 0 Å². The number of hydrogen-bond donors (Lipinski definition) is 2. The maximum Gasteiger partial charge on any atom is 0.310 e. The van der Waals surface area contributed by atoms with Gasteiger partial charge in [0.25, 0.3) is 0 Å². The zero-order valence-corrected chi connectivity index (χ0v) is 13.0. The van der Waals surface area contributed by atoms with Crippen molar-refractivity contribution in [3.05, 3.63) is 21.9 Å². The molecule has 1 amide bonds. The van der Waals surface area contributed by atoms with Crippen molar-refractivity contribution < 1.29 is 14.3 Å². The molecule has 0 atom stereocenters. The van der Waals surface area contributed by atoms with E-state index in [-0.39, 0.29) is 17.8 Å². The van der Waals surface area contributed by atoms with Gasteiger partial charge in [0.05, 0.1) is 13.5 Å². The van der Waals surface area contributed by atoms with E-state index < -0.39 is 0 Å². The summed E-state index contributed by atoms with van der Waals surface area (Å²) in [5.41, 5.74) is 0. The van der Waals surface area contributed by atoms with Gasteiger partial charge in [-0.2, -0.15) is 0 Å². The fraction of sp³-hybridized carbons (Fsp3) is 0.571. The van der Waals surface area contributed by atoms with Crippen LogP contribution >= 0.6 is 11.3 Å². The molecule has 1 aromatic heterocycles. The van der Waals surface area contributed by atoms with Gasteiger partial charge in [-0.1, -0.05) is 13.8 Å². The van der Waals surface area contributed by atoms with Crippen molar-refractivity contribution >= 4 is 23.2 Å². The van der Waals surface area contributed by atoms with E-state index in [9.17, 15) is 9.59 Å². The van der Waals surface area contributed by atoms with E-state index in [4.69, 9.17) is 0 Å². The number of nitrogens with one attached hydrogen (secondary N) is 2. The SMILES string of the molecule is COC(=O)Cc1ccc(CNCCNC(=O)C(C)C)s1. The molecule has 1 aromatic rings. The van der Waals surface area contributed by atoms with Crippen molar-refractivity contribution in [1.82, 2.24) is 10.6 Å². The van der Waals surface area contributed by atoms with Crippen LogP contribution in [0, 0.1) is 5.92 Å². The number of methoxy groups -OCH3 is 1. The van der Waals surface area contributed by atoms with Gasteiger partial charge in [0.1, 0.15) is 0 Å². The quantitative estimate of drug-likeness (QED) is 0.561. The molecule has 6 heteroatoms. The van der Waals surface area contributed by atoms with Crippen LogP contribution in [0.1, 0.15) is 23.6 Å². The first-order valence-corrected chi connectivity index (χ1v) is 7.47. The minimum atomic E-state index is -0.220. The number of ether oxygens (including phenoxy) is 1. The Morgan fingerprint density at radius 2 is 1.95 bits per heavy atom. The molecule has 112 valence electrons. The molecule has 0 unspecified atom stereocenters. The topological polar surface area (TPSA) is 67.4 Å². The van der Waals surface area contributed by atoms with Gasteiger partial charge in [-0.05, 0) is 12.1 Å². The second kappa shape index (κ2) is 8.71. The third kappa shape index (κ3) is 6.16. The van der Waals surface area contributed by atoms with E-state index >= 15 is 0 Å². The Bertz CT molecular complexity index is 443. The molecule has 0 aromatic carbocycles. The van der Waals surface area contributed by atoms with E-state index in [1.807, 2.05) is 26.0 Å². The van der Waals surface area contributed by atoms with Crippen LogP contribution in [0.25, 0.3) is 0 Å². The first-order valence-electron chi connectivity index (χ1n) is 6.65. The molecule has 0 aliphatic rings. The molecule has 1 rings (SSSR count). The van der Waals surface area contributed by atoms with Crippen molar-refractivity contribution in [1.29, 1.82) is 0 Å². The molecule has 0 spiro atoms. The minimum absolute atomic E-state index is 0.0215. The van der Waals surface area contributed by atoms with Crippen molar-refractivity contribution in [3.63, 3.8) is 0 Å². The number of rotatable bonds is 8. The molecule has 0 aliphatic heterocycles. The molecule has 5 nitrogen and oxygen atoms in total. The average Bonchev–Trinajstić information content (AvgIpc) is 2.85. The molecular formula is C14H22N2O3S. The van der Waals surface area contributed by atoms with E-state index in [2.05, 4.69) is 15.4 Å². The summed E-state index contributed by atoms with van der Waals surface area (Å²) in [6, 6.07) is 3.95. The highest BCUT2D eigenvalue weighted by atomic mass is 32.1. The maximum atomic E-state index is 11.3. The van der Waals surface area contributed by atoms with Crippen LogP contribution in [-0.2, 0) is 27.3 Å². The van der Waals surface area contributed by atoms with Crippen molar-refractivity contribution in [2.45, 2.75) is 26.8 Å². The highest BCUT2D eigenvalue weighted by Crippen LogP contribution is 2.17. The minimum Gasteiger partial charge on any atom is -0.469 e. The van der Waals surface area contributed by atoms with Gasteiger partial charge in [0.2, 0.25) is 5.91 Å². The van der Waals surface area contributed by atoms with E-state index in [0.717, 1.165) is 18.0 Å². The fourth-order valence-corrected chi connectivity index (χ4v) is 2.49. The van der Waals surface area contributed by atoms with Gasteiger partial charge >= 0.3 is 5.97 Å². The van der Waals surface area contributed by atoms with Crippen LogP contribution in [0.4, 0.5) is 0 Å². The zero-order valence-electron chi connectivity index (χ0n) is 12.2. The molecule has 0 saturated carbocycles. The molecule has 2 N–H and O–H groups in total. The summed E-state index contributed by atoms with van der Waals surface area (Å²) < 4.78 is 4.63. The lowest BCUT2D eigenvalue weighted by Gasteiger charge is -2.07. The lowest BCUT2D eigenvalue weighted by Crippen LogP contribution is -2.33. The highest BCUT2D eigenvalue weighted by Gasteiger charge is 2.07. The van der Waals surface area contributed by atoms with Gasteiger partial charge in [-0.25, -0.2) is 0 Å². The summed E-state index contributed by atoms with van der Waals surface area (Å²) in [7, 11) is 1.39. The number of thiophene rings is 1. The van der Waals surface area contributed by atoms with Gasteiger partial charge in [-0.15, -0.1) is 11.3 Å². The van der Waals surface area contributed by atoms with Crippen LogP contribution in [0.2, 0.25) is 0 Å². The zero-order chi connectivity index (χ0) is 15.0. The summed E-state index contributed by atoms with van der Waals surface area (Å²) in [6.45, 7) is 5.83. The molecule has 0 fully saturated rings. The number of esters is 1. The average molecular weight is 298 g/mol. The third-order valence-electron chi connectivity index (χ3n) is 2.69. The predicted molar refractivity (Wildman–Crippen MR) is 79.6 cm³/mol. The van der Waals surface area contributed by atoms with Crippen LogP contribution < -0.4 is 10.6 Å². The molecule has 0 aliphatic carbocycles. The standard InChI is InChI=1S/C14H22N2O3S/c1-10(2)14(18)16-7-6-15-9-12-5-4-11(20-12)8-13(17)19-3/h4-5,10,15H,6-9H2,1-3H3,(H,16,18). The lowest BCUT2D eigenvalue weighted by atomic mass is 10.2. The molecular weight excluding hydrogens is 276 g/mol. The predicted octanol–water partition coefficient (Wildman–Crippen LogP) is 1.33. The van der Waals surface area contributed by atoms with Gasteiger partial charge in [0, 0.05) is 35.3 Å². The summed E-state index contributed by atoms with van der Waals surface area (Å²) in [5.74, 6) is -0.126. The first kappa shape index (κ1) is 16.7. The number of amides is 1. The van der Waals surface area contributed by atoms with E-state index in [1.54, 1.807) is 11.3 Å². The fourth-order valence-electron chi connectivity index (χ4n) is 1.52. The molecule has 0 saturated heterocycles. The summed E-state index contributed by atoms with van der Waals surface area (Å²) in [6.07, 6.45) is 0.325. The summed E-state index contributed by atoms with van der Waals surface area (Å²) >= 11 is 1.60. The Balaban J connectivity index is 2.19. The molecule has 0 bridgehead atoms. The largest absolute Gasteiger partial charge is 0.469 e.